The molecule has 1 aromatic carbocycles. The summed E-state index contributed by atoms with van der Waals surface area (Å²) in [5.41, 5.74) is -2.42. The maximum Gasteiger partial charge on any atom is 0.416 e. The van der Waals surface area contributed by atoms with Crippen LogP contribution >= 0.6 is 0 Å². The molecule has 0 amide bonds. The van der Waals surface area contributed by atoms with Crippen LogP contribution in [0.3, 0.4) is 0 Å². The highest BCUT2D eigenvalue weighted by atomic mass is 19.4. The molecule has 1 rings (SSSR count). The molecular weight excluding hydrogens is 243 g/mol. The molecule has 0 aliphatic rings. The number of hydrogen-bond donors (Lipinski definition) is 2. The Morgan fingerprint density at radius 3 is 2.22 bits per heavy atom. The van der Waals surface area contributed by atoms with Gasteiger partial charge in [0.05, 0.1) is 11.2 Å². The first-order valence-corrected chi connectivity index (χ1v) is 5.89. The molecule has 1 atom stereocenters. The Balaban J connectivity index is 3.00. The molecule has 0 aliphatic heterocycles. The molecule has 102 valence electrons. The van der Waals surface area contributed by atoms with Gasteiger partial charge in [0.1, 0.15) is 0 Å². The normalized spacial score (nSPS) is 15.4. The van der Waals surface area contributed by atoms with Crippen LogP contribution in [0.1, 0.15) is 31.4 Å². The van der Waals surface area contributed by atoms with Gasteiger partial charge in [-0.2, -0.15) is 13.2 Å². The zero-order valence-electron chi connectivity index (χ0n) is 10.5. The molecule has 0 heterocycles. The van der Waals surface area contributed by atoms with Gasteiger partial charge in [0.2, 0.25) is 0 Å². The largest absolute Gasteiger partial charge is 0.416 e. The van der Waals surface area contributed by atoms with Crippen LogP contribution in [0.2, 0.25) is 0 Å². The molecule has 0 spiro atoms. The summed E-state index contributed by atoms with van der Waals surface area (Å²) < 4.78 is 38.5. The van der Waals surface area contributed by atoms with E-state index in [4.69, 9.17) is 0 Å². The van der Waals surface area contributed by atoms with Crippen LogP contribution in [0.15, 0.2) is 24.3 Å². The molecule has 0 saturated heterocycles. The zero-order valence-corrected chi connectivity index (χ0v) is 10.5. The van der Waals surface area contributed by atoms with E-state index in [-0.39, 0.29) is 12.1 Å². The highest BCUT2D eigenvalue weighted by molar-refractivity contribution is 5.34. The number of nitrogens with one attached hydrogen (secondary N) is 1. The molecule has 0 bridgehead atoms. The molecule has 0 aliphatic carbocycles. The smallest absolute Gasteiger partial charge is 0.384 e. The summed E-state index contributed by atoms with van der Waals surface area (Å²) in [6, 6.07) is 5.13. The summed E-state index contributed by atoms with van der Waals surface area (Å²) in [5, 5.41) is 13.1. The summed E-state index contributed by atoms with van der Waals surface area (Å²) in [6.07, 6.45) is -3.59. The maximum absolute atomic E-state index is 12.8. The van der Waals surface area contributed by atoms with E-state index in [0.29, 0.717) is 6.54 Å². The molecule has 1 unspecified atom stereocenters. The van der Waals surface area contributed by atoms with Crippen molar-refractivity contribution in [2.24, 2.45) is 0 Å². The Morgan fingerprint density at radius 2 is 1.72 bits per heavy atom. The zero-order chi connectivity index (χ0) is 13.8. The fourth-order valence-corrected chi connectivity index (χ4v) is 1.80. The van der Waals surface area contributed by atoms with E-state index in [2.05, 4.69) is 5.32 Å². The van der Waals surface area contributed by atoms with Crippen LogP contribution in [0.4, 0.5) is 13.2 Å². The van der Waals surface area contributed by atoms with E-state index in [1.165, 1.54) is 25.1 Å². The van der Waals surface area contributed by atoms with Crippen molar-refractivity contribution in [2.45, 2.75) is 32.0 Å². The van der Waals surface area contributed by atoms with Crippen LogP contribution in [-0.4, -0.2) is 18.2 Å². The van der Waals surface area contributed by atoms with Crippen molar-refractivity contribution < 1.29 is 18.3 Å². The fourth-order valence-electron chi connectivity index (χ4n) is 1.80. The molecule has 2 N–H and O–H groups in total. The molecule has 0 fully saturated rings. The van der Waals surface area contributed by atoms with Crippen molar-refractivity contribution in [3.63, 3.8) is 0 Å². The fraction of sp³-hybridized carbons (Fsp3) is 0.538. The topological polar surface area (TPSA) is 32.3 Å². The minimum atomic E-state index is -4.45. The highest BCUT2D eigenvalue weighted by Gasteiger charge is 2.38. The summed E-state index contributed by atoms with van der Waals surface area (Å²) in [4.78, 5) is 0. The van der Waals surface area contributed by atoms with Crippen LogP contribution in [0.25, 0.3) is 0 Å². The molecule has 0 aromatic heterocycles. The van der Waals surface area contributed by atoms with Crippen LogP contribution in [0, 0.1) is 0 Å². The van der Waals surface area contributed by atoms with E-state index in [1.54, 1.807) is 0 Å². The maximum atomic E-state index is 12.8. The molecule has 1 aromatic rings. The van der Waals surface area contributed by atoms with Crippen LogP contribution < -0.4 is 5.32 Å². The third-order valence-corrected chi connectivity index (χ3v) is 2.71. The first-order chi connectivity index (χ1) is 8.29. The average Bonchev–Trinajstić information content (AvgIpc) is 2.28. The first-order valence-electron chi connectivity index (χ1n) is 5.89. The van der Waals surface area contributed by atoms with Gasteiger partial charge in [-0.25, -0.2) is 0 Å². The van der Waals surface area contributed by atoms with E-state index < -0.39 is 17.3 Å². The third-order valence-electron chi connectivity index (χ3n) is 2.71. The van der Waals surface area contributed by atoms with Gasteiger partial charge in [0, 0.05) is 6.54 Å². The minimum Gasteiger partial charge on any atom is -0.384 e. The van der Waals surface area contributed by atoms with E-state index in [1.807, 2.05) is 6.92 Å². The molecular formula is C13H18F3NO. The van der Waals surface area contributed by atoms with Crippen molar-refractivity contribution in [2.75, 3.05) is 13.1 Å². The number of alkyl halides is 3. The van der Waals surface area contributed by atoms with Crippen molar-refractivity contribution in [1.82, 2.24) is 5.32 Å². The van der Waals surface area contributed by atoms with E-state index >= 15 is 0 Å². The molecule has 2 nitrogen and oxygen atoms in total. The lowest BCUT2D eigenvalue weighted by Gasteiger charge is -2.27. The lowest BCUT2D eigenvalue weighted by atomic mass is 9.91. The summed E-state index contributed by atoms with van der Waals surface area (Å²) >= 11 is 0. The number of benzene rings is 1. The SMILES string of the molecule is CCCNCC(C)(O)c1ccccc1C(F)(F)F. The summed E-state index contributed by atoms with van der Waals surface area (Å²) in [5.74, 6) is 0. The van der Waals surface area contributed by atoms with Crippen LogP contribution in [0.5, 0.6) is 0 Å². The van der Waals surface area contributed by atoms with Gasteiger partial charge in [0.25, 0.3) is 0 Å². The van der Waals surface area contributed by atoms with Gasteiger partial charge in [-0.05, 0) is 31.5 Å². The Bertz CT molecular complexity index is 388. The minimum absolute atomic E-state index is 0.0912. The Kier molecular flexibility index (Phi) is 4.76. The summed E-state index contributed by atoms with van der Waals surface area (Å²) in [7, 11) is 0. The molecule has 18 heavy (non-hydrogen) atoms. The third kappa shape index (κ3) is 3.71. The lowest BCUT2D eigenvalue weighted by Crippen LogP contribution is -2.37. The first kappa shape index (κ1) is 15.0. The number of aliphatic hydroxyl groups is 1. The standard InChI is InChI=1S/C13H18F3NO/c1-3-8-17-9-12(2,18)10-6-4-5-7-11(10)13(14,15)16/h4-7,17-18H,3,8-9H2,1-2H3. The van der Waals surface area contributed by atoms with Gasteiger partial charge in [-0.1, -0.05) is 25.1 Å². The molecule has 0 radical (unpaired) electrons. The van der Waals surface area contributed by atoms with Crippen molar-refractivity contribution >= 4 is 0 Å². The number of hydrogen-bond acceptors (Lipinski definition) is 2. The number of halogens is 3. The highest BCUT2D eigenvalue weighted by Crippen LogP contribution is 2.36. The quantitative estimate of drug-likeness (QED) is 0.799. The van der Waals surface area contributed by atoms with Gasteiger partial charge in [-0.15, -0.1) is 0 Å². The van der Waals surface area contributed by atoms with Crippen molar-refractivity contribution in [3.05, 3.63) is 35.4 Å². The van der Waals surface area contributed by atoms with Gasteiger partial charge in [0.15, 0.2) is 0 Å². The van der Waals surface area contributed by atoms with Gasteiger partial charge < -0.3 is 10.4 Å². The van der Waals surface area contributed by atoms with Gasteiger partial charge >= 0.3 is 6.18 Å². The second-order valence-corrected chi connectivity index (χ2v) is 4.49. The van der Waals surface area contributed by atoms with E-state index in [0.717, 1.165) is 12.5 Å². The summed E-state index contributed by atoms with van der Waals surface area (Å²) in [6.45, 7) is 4.09. The molecule has 0 saturated carbocycles. The van der Waals surface area contributed by atoms with E-state index in [9.17, 15) is 18.3 Å². The second-order valence-electron chi connectivity index (χ2n) is 4.49. The Hall–Kier alpha value is -1.07. The second kappa shape index (κ2) is 5.71. The Labute approximate surface area is 105 Å². The lowest BCUT2D eigenvalue weighted by molar-refractivity contribution is -0.140. The monoisotopic (exact) mass is 261 g/mol. The van der Waals surface area contributed by atoms with Crippen LogP contribution in [-0.2, 0) is 11.8 Å². The predicted octanol–water partition coefficient (Wildman–Crippen LogP) is 2.91. The van der Waals surface area contributed by atoms with Crippen molar-refractivity contribution in [1.29, 1.82) is 0 Å². The van der Waals surface area contributed by atoms with Gasteiger partial charge in [-0.3, -0.25) is 0 Å². The molecule has 5 heteroatoms. The van der Waals surface area contributed by atoms with Crippen molar-refractivity contribution in [3.8, 4) is 0 Å². The predicted molar refractivity (Wildman–Crippen MR) is 64.2 cm³/mol. The average molecular weight is 261 g/mol. The number of rotatable bonds is 5. The Morgan fingerprint density at radius 1 is 1.17 bits per heavy atom.